The van der Waals surface area contributed by atoms with Crippen molar-refractivity contribution in [1.82, 2.24) is 9.97 Å². The summed E-state index contributed by atoms with van der Waals surface area (Å²) in [5.74, 6) is 1.57. The summed E-state index contributed by atoms with van der Waals surface area (Å²) in [5, 5.41) is 2.82. The maximum Gasteiger partial charge on any atom is 0.323 e. The number of ether oxygens (including phenoxy) is 2. The minimum atomic E-state index is -0.271. The molecule has 0 spiro atoms. The highest BCUT2D eigenvalue weighted by Gasteiger charge is 2.12. The van der Waals surface area contributed by atoms with Crippen LogP contribution in [0.3, 0.4) is 0 Å². The molecule has 1 aromatic heterocycles. The van der Waals surface area contributed by atoms with Crippen LogP contribution >= 0.6 is 11.8 Å². The predicted octanol–water partition coefficient (Wildman–Crippen LogP) is 2.36. The number of H-pyrrole nitrogens is 2. The lowest BCUT2D eigenvalue weighted by molar-refractivity contribution is -0.113. The zero-order valence-corrected chi connectivity index (χ0v) is 13.9. The Hall–Kier alpha value is -2.87. The molecule has 0 fully saturated rings. The summed E-state index contributed by atoms with van der Waals surface area (Å²) in [7, 11) is 0. The van der Waals surface area contributed by atoms with E-state index in [1.807, 2.05) is 18.2 Å². The fraction of sp³-hybridized carbons (Fsp3) is 0.176. The van der Waals surface area contributed by atoms with Crippen LogP contribution in [-0.4, -0.2) is 34.8 Å². The molecule has 25 heavy (non-hydrogen) atoms. The Balaban J connectivity index is 1.39. The van der Waals surface area contributed by atoms with Gasteiger partial charge in [0, 0.05) is 10.6 Å². The van der Waals surface area contributed by atoms with Gasteiger partial charge in [-0.3, -0.25) is 4.79 Å². The van der Waals surface area contributed by atoms with Crippen LogP contribution in [0.1, 0.15) is 0 Å². The summed E-state index contributed by atoms with van der Waals surface area (Å²) in [6, 6.07) is 10.9. The number of benzene rings is 2. The van der Waals surface area contributed by atoms with Gasteiger partial charge in [0.25, 0.3) is 0 Å². The van der Waals surface area contributed by atoms with Crippen LogP contribution in [0.4, 0.5) is 5.69 Å². The fourth-order valence-corrected chi connectivity index (χ4v) is 3.29. The molecule has 0 unspecified atom stereocenters. The molecule has 0 aliphatic carbocycles. The molecule has 0 radical (unpaired) electrons. The van der Waals surface area contributed by atoms with Crippen molar-refractivity contribution in [3.63, 3.8) is 0 Å². The van der Waals surface area contributed by atoms with Crippen molar-refractivity contribution in [3.8, 4) is 11.5 Å². The van der Waals surface area contributed by atoms with E-state index < -0.39 is 0 Å². The number of hydrogen-bond donors (Lipinski definition) is 3. The zero-order valence-electron chi connectivity index (χ0n) is 13.1. The Morgan fingerprint density at radius 3 is 2.72 bits per heavy atom. The quantitative estimate of drug-likeness (QED) is 0.623. The molecule has 4 rings (SSSR count). The van der Waals surface area contributed by atoms with Crippen LogP contribution in [0.25, 0.3) is 11.0 Å². The summed E-state index contributed by atoms with van der Waals surface area (Å²) < 4.78 is 11.0. The van der Waals surface area contributed by atoms with Crippen molar-refractivity contribution in [3.05, 3.63) is 46.9 Å². The van der Waals surface area contributed by atoms with Crippen molar-refractivity contribution in [2.45, 2.75) is 4.90 Å². The lowest BCUT2D eigenvalue weighted by atomic mass is 10.3. The van der Waals surface area contributed by atoms with Gasteiger partial charge in [0.2, 0.25) is 5.91 Å². The first-order valence-electron chi connectivity index (χ1n) is 7.72. The monoisotopic (exact) mass is 357 g/mol. The number of anilines is 1. The smallest absolute Gasteiger partial charge is 0.323 e. The van der Waals surface area contributed by atoms with Crippen molar-refractivity contribution >= 4 is 34.4 Å². The second-order valence-corrected chi connectivity index (χ2v) is 6.53. The van der Waals surface area contributed by atoms with Crippen LogP contribution in [0.5, 0.6) is 11.5 Å². The highest BCUT2D eigenvalue weighted by atomic mass is 32.2. The molecular formula is C17H15N3O4S. The third-order valence-electron chi connectivity index (χ3n) is 3.68. The van der Waals surface area contributed by atoms with Gasteiger partial charge in [0.15, 0.2) is 11.5 Å². The summed E-state index contributed by atoms with van der Waals surface area (Å²) >= 11 is 1.42. The maximum atomic E-state index is 12.1. The molecule has 0 saturated heterocycles. The Kier molecular flexibility index (Phi) is 4.10. The molecule has 3 N–H and O–H groups in total. The van der Waals surface area contributed by atoms with Crippen molar-refractivity contribution in [1.29, 1.82) is 0 Å². The van der Waals surface area contributed by atoms with Crippen LogP contribution in [0, 0.1) is 0 Å². The van der Waals surface area contributed by atoms with Crippen LogP contribution in [-0.2, 0) is 4.79 Å². The number of carbonyl (C=O) groups is 1. The second kappa shape index (κ2) is 6.56. The van der Waals surface area contributed by atoms with E-state index in [2.05, 4.69) is 15.3 Å². The first-order chi connectivity index (χ1) is 12.2. The van der Waals surface area contributed by atoms with Crippen LogP contribution in [0.2, 0.25) is 0 Å². The first-order valence-corrected chi connectivity index (χ1v) is 8.70. The summed E-state index contributed by atoms with van der Waals surface area (Å²) in [4.78, 5) is 29.7. The Morgan fingerprint density at radius 1 is 1.04 bits per heavy atom. The van der Waals surface area contributed by atoms with Gasteiger partial charge in [-0.05, 0) is 36.4 Å². The Labute approximate surface area is 146 Å². The SMILES string of the molecule is O=C(CSc1ccc2c(c1)OCCO2)Nc1ccc2[nH]c(=O)[nH]c2c1. The van der Waals surface area contributed by atoms with E-state index in [0.29, 0.717) is 35.7 Å². The fourth-order valence-electron chi connectivity index (χ4n) is 2.57. The average molecular weight is 357 g/mol. The van der Waals surface area contributed by atoms with E-state index in [4.69, 9.17) is 9.47 Å². The predicted molar refractivity (Wildman–Crippen MR) is 95.7 cm³/mol. The second-order valence-electron chi connectivity index (χ2n) is 5.48. The molecular weight excluding hydrogens is 342 g/mol. The van der Waals surface area contributed by atoms with Crippen LogP contribution in [0.15, 0.2) is 46.1 Å². The average Bonchev–Trinajstić information content (AvgIpc) is 2.99. The molecule has 7 nitrogen and oxygen atoms in total. The lowest BCUT2D eigenvalue weighted by Gasteiger charge is -2.18. The minimum absolute atomic E-state index is 0.128. The maximum absolute atomic E-state index is 12.1. The van der Waals surface area contributed by atoms with E-state index in [0.717, 1.165) is 10.6 Å². The van der Waals surface area contributed by atoms with Crippen molar-refractivity contribution < 1.29 is 14.3 Å². The highest BCUT2D eigenvalue weighted by Crippen LogP contribution is 2.34. The van der Waals surface area contributed by atoms with Gasteiger partial charge < -0.3 is 24.8 Å². The number of hydrogen-bond acceptors (Lipinski definition) is 5. The summed E-state index contributed by atoms with van der Waals surface area (Å²) in [6.07, 6.45) is 0. The molecule has 2 heterocycles. The number of amides is 1. The molecule has 2 aromatic carbocycles. The molecule has 3 aromatic rings. The van der Waals surface area contributed by atoms with Gasteiger partial charge in [-0.2, -0.15) is 0 Å². The van der Waals surface area contributed by atoms with E-state index in [1.165, 1.54) is 11.8 Å². The Bertz CT molecular complexity index is 995. The number of imidazole rings is 1. The summed E-state index contributed by atoms with van der Waals surface area (Å²) in [6.45, 7) is 1.09. The third-order valence-corrected chi connectivity index (χ3v) is 4.68. The number of rotatable bonds is 4. The van der Waals surface area contributed by atoms with Crippen molar-refractivity contribution in [2.75, 3.05) is 24.3 Å². The van der Waals surface area contributed by atoms with E-state index in [-0.39, 0.29) is 17.3 Å². The largest absolute Gasteiger partial charge is 0.486 e. The number of carbonyl (C=O) groups excluding carboxylic acids is 1. The highest BCUT2D eigenvalue weighted by molar-refractivity contribution is 8.00. The molecule has 1 aliphatic rings. The van der Waals surface area contributed by atoms with Gasteiger partial charge in [0.1, 0.15) is 13.2 Å². The molecule has 128 valence electrons. The topological polar surface area (TPSA) is 96.2 Å². The number of thioether (sulfide) groups is 1. The minimum Gasteiger partial charge on any atom is -0.486 e. The molecule has 0 atom stereocenters. The number of aromatic nitrogens is 2. The molecule has 1 aliphatic heterocycles. The normalized spacial score (nSPS) is 13.0. The molecule has 1 amide bonds. The van der Waals surface area contributed by atoms with Gasteiger partial charge in [-0.15, -0.1) is 11.8 Å². The van der Waals surface area contributed by atoms with Gasteiger partial charge in [0.05, 0.1) is 16.8 Å². The van der Waals surface area contributed by atoms with Gasteiger partial charge in [-0.1, -0.05) is 0 Å². The molecule has 8 heteroatoms. The standard InChI is InChI=1S/C17H15N3O4S/c21-16(18-10-1-3-12-13(7-10)20-17(22)19-12)9-25-11-2-4-14-15(8-11)24-6-5-23-14/h1-4,7-8H,5-6,9H2,(H,18,21)(H2,19,20,22). The van der Waals surface area contributed by atoms with Crippen LogP contribution < -0.4 is 20.5 Å². The first kappa shape index (κ1) is 15.6. The Morgan fingerprint density at radius 2 is 1.84 bits per heavy atom. The van der Waals surface area contributed by atoms with Crippen molar-refractivity contribution in [2.24, 2.45) is 0 Å². The van der Waals surface area contributed by atoms with Gasteiger partial charge >= 0.3 is 5.69 Å². The zero-order chi connectivity index (χ0) is 17.2. The number of fused-ring (bicyclic) bond motifs is 2. The van der Waals surface area contributed by atoms with E-state index in [1.54, 1.807) is 18.2 Å². The lowest BCUT2D eigenvalue weighted by Crippen LogP contribution is -2.15. The van der Waals surface area contributed by atoms with E-state index in [9.17, 15) is 9.59 Å². The van der Waals surface area contributed by atoms with Gasteiger partial charge in [-0.25, -0.2) is 4.79 Å². The summed E-state index contributed by atoms with van der Waals surface area (Å²) in [5.41, 5.74) is 1.72. The molecule has 0 bridgehead atoms. The third kappa shape index (κ3) is 3.48. The number of aromatic amines is 2. The van der Waals surface area contributed by atoms with E-state index >= 15 is 0 Å². The molecule has 0 saturated carbocycles. The number of nitrogens with one attached hydrogen (secondary N) is 3.